The molecule has 7 heteroatoms. The van der Waals surface area contributed by atoms with E-state index in [2.05, 4.69) is 29.4 Å². The molecule has 0 bridgehead atoms. The Morgan fingerprint density at radius 1 is 1.22 bits per heavy atom. The van der Waals surface area contributed by atoms with Gasteiger partial charge in [0.1, 0.15) is 16.6 Å². The highest BCUT2D eigenvalue weighted by atomic mass is 32.1. The molecule has 0 aliphatic heterocycles. The number of halogens is 2. The highest BCUT2D eigenvalue weighted by molar-refractivity contribution is 7.11. The topological polar surface area (TPSA) is 47.0 Å². The molecule has 0 aliphatic rings. The average molecular weight is 279 g/mol. The molecule has 0 atom stereocenters. The second-order valence-electron chi connectivity index (χ2n) is 4.16. The summed E-state index contributed by atoms with van der Waals surface area (Å²) in [5.41, 5.74) is 0. The normalized spacial score (nSPS) is 11.7. The quantitative estimate of drug-likeness (QED) is 0.701. The lowest BCUT2D eigenvalue weighted by Gasteiger charge is -2.05. The Morgan fingerprint density at radius 3 is 2.50 bits per heavy atom. The van der Waals surface area contributed by atoms with Gasteiger partial charge in [0.2, 0.25) is 0 Å². The van der Waals surface area contributed by atoms with E-state index < -0.39 is 13.0 Å². The van der Waals surface area contributed by atoms with Crippen molar-refractivity contribution in [3.05, 3.63) is 10.0 Å². The lowest BCUT2D eigenvalue weighted by atomic mass is 10.3. The van der Waals surface area contributed by atoms with Crippen molar-refractivity contribution in [2.75, 3.05) is 19.8 Å². The monoisotopic (exact) mass is 279 g/mol. The Balaban J connectivity index is 2.17. The maximum Gasteiger partial charge on any atom is 0.261 e. The van der Waals surface area contributed by atoms with Crippen molar-refractivity contribution in [1.29, 1.82) is 0 Å². The fourth-order valence-electron chi connectivity index (χ4n) is 1.29. The van der Waals surface area contributed by atoms with Crippen molar-refractivity contribution in [1.82, 2.24) is 15.5 Å². The third-order valence-electron chi connectivity index (χ3n) is 2.10. The average Bonchev–Trinajstić information content (AvgIpc) is 2.72. The zero-order valence-corrected chi connectivity index (χ0v) is 11.5. The number of aromatic nitrogens is 2. The molecule has 0 radical (unpaired) electrons. The summed E-state index contributed by atoms with van der Waals surface area (Å²) in [5, 5.41) is 13.2. The number of nitrogens with one attached hydrogen (secondary N) is 1. The molecule has 4 nitrogen and oxygen atoms in total. The van der Waals surface area contributed by atoms with Crippen LogP contribution in [0, 0.1) is 0 Å². The second-order valence-corrected chi connectivity index (χ2v) is 5.31. The highest BCUT2D eigenvalue weighted by Crippen LogP contribution is 2.11. The van der Waals surface area contributed by atoms with Gasteiger partial charge in [-0.3, -0.25) is 0 Å². The zero-order valence-electron chi connectivity index (χ0n) is 10.7. The summed E-state index contributed by atoms with van der Waals surface area (Å²) in [7, 11) is 0. The second kappa shape index (κ2) is 8.44. The zero-order chi connectivity index (χ0) is 13.4. The number of ether oxygens (including phenoxy) is 1. The molecule has 18 heavy (non-hydrogen) atoms. The van der Waals surface area contributed by atoms with Gasteiger partial charge in [0, 0.05) is 25.4 Å². The fraction of sp³-hybridized carbons (Fsp3) is 0.818. The molecular formula is C11H19F2N3OS. The summed E-state index contributed by atoms with van der Waals surface area (Å²) in [6.07, 6.45) is -1.02. The van der Waals surface area contributed by atoms with Crippen LogP contribution in [-0.2, 0) is 17.6 Å². The number of alkyl halides is 2. The van der Waals surface area contributed by atoms with Crippen LogP contribution in [0.3, 0.4) is 0 Å². The minimum atomic E-state index is -2.41. The van der Waals surface area contributed by atoms with Crippen LogP contribution in [0.5, 0.6) is 0 Å². The van der Waals surface area contributed by atoms with E-state index in [0.717, 1.165) is 23.0 Å². The lowest BCUT2D eigenvalue weighted by Crippen LogP contribution is -2.24. The van der Waals surface area contributed by atoms with Crippen molar-refractivity contribution in [2.45, 2.75) is 39.2 Å². The van der Waals surface area contributed by atoms with Crippen LogP contribution in [0.2, 0.25) is 0 Å². The molecule has 1 N–H and O–H groups in total. The van der Waals surface area contributed by atoms with E-state index >= 15 is 0 Å². The van der Waals surface area contributed by atoms with E-state index in [9.17, 15) is 8.78 Å². The third-order valence-corrected chi connectivity index (χ3v) is 3.15. The molecule has 1 rings (SSSR count). The van der Waals surface area contributed by atoms with E-state index in [1.54, 1.807) is 0 Å². The van der Waals surface area contributed by atoms with Crippen molar-refractivity contribution < 1.29 is 13.5 Å². The van der Waals surface area contributed by atoms with Gasteiger partial charge < -0.3 is 10.1 Å². The molecule has 104 valence electrons. The smallest absolute Gasteiger partial charge is 0.261 e. The predicted octanol–water partition coefficient (Wildman–Crippen LogP) is 1.90. The van der Waals surface area contributed by atoms with Crippen LogP contribution < -0.4 is 5.32 Å². The first-order chi connectivity index (χ1) is 8.58. The van der Waals surface area contributed by atoms with Gasteiger partial charge in [-0.1, -0.05) is 13.8 Å². The van der Waals surface area contributed by atoms with E-state index in [0.29, 0.717) is 12.5 Å². The number of rotatable bonds is 9. The van der Waals surface area contributed by atoms with E-state index in [1.807, 2.05) is 0 Å². The molecule has 1 aromatic heterocycles. The molecule has 0 spiro atoms. The van der Waals surface area contributed by atoms with Crippen molar-refractivity contribution >= 4 is 11.3 Å². The molecule has 0 saturated carbocycles. The standard InChI is InChI=1S/C11H19F2N3OS/c1-8(2)14-5-3-10-15-16-11(18-10)4-6-17-7-9(12)13/h8-9,14H,3-7H2,1-2H3. The molecule has 0 amide bonds. The van der Waals surface area contributed by atoms with Gasteiger partial charge in [0.15, 0.2) is 0 Å². The summed E-state index contributed by atoms with van der Waals surface area (Å²) in [4.78, 5) is 0. The summed E-state index contributed by atoms with van der Waals surface area (Å²) < 4.78 is 28.4. The van der Waals surface area contributed by atoms with Gasteiger partial charge in [0.25, 0.3) is 6.43 Å². The largest absolute Gasteiger partial charge is 0.375 e. The SMILES string of the molecule is CC(C)NCCc1nnc(CCOCC(F)F)s1. The minimum absolute atomic E-state index is 0.267. The first-order valence-electron chi connectivity index (χ1n) is 5.98. The van der Waals surface area contributed by atoms with Crippen LogP contribution in [0.15, 0.2) is 0 Å². The Hall–Kier alpha value is -0.660. The van der Waals surface area contributed by atoms with Crippen LogP contribution in [0.25, 0.3) is 0 Å². The van der Waals surface area contributed by atoms with Gasteiger partial charge >= 0.3 is 0 Å². The summed E-state index contributed by atoms with van der Waals surface area (Å²) in [6.45, 7) is 4.80. The van der Waals surface area contributed by atoms with Crippen LogP contribution in [-0.4, -0.2) is 42.4 Å². The Labute approximate surface area is 110 Å². The van der Waals surface area contributed by atoms with Gasteiger partial charge in [-0.25, -0.2) is 8.78 Å². The molecule has 0 unspecified atom stereocenters. The Kier molecular flexibility index (Phi) is 7.22. The number of hydrogen-bond donors (Lipinski definition) is 1. The summed E-state index contributed by atoms with van der Waals surface area (Å²) in [6, 6.07) is 0.458. The summed E-state index contributed by atoms with van der Waals surface area (Å²) in [5.74, 6) is 0. The van der Waals surface area contributed by atoms with Gasteiger partial charge in [-0.05, 0) is 0 Å². The minimum Gasteiger partial charge on any atom is -0.375 e. The van der Waals surface area contributed by atoms with Gasteiger partial charge in [0.05, 0.1) is 6.61 Å². The molecule has 0 aliphatic carbocycles. The Morgan fingerprint density at radius 2 is 1.89 bits per heavy atom. The molecule has 0 saturated heterocycles. The maximum atomic E-state index is 11.8. The number of nitrogens with zero attached hydrogens (tertiary/aromatic N) is 2. The van der Waals surface area contributed by atoms with Crippen molar-refractivity contribution in [2.24, 2.45) is 0 Å². The highest BCUT2D eigenvalue weighted by Gasteiger charge is 2.06. The van der Waals surface area contributed by atoms with Gasteiger partial charge in [-0.15, -0.1) is 21.5 Å². The van der Waals surface area contributed by atoms with Crippen LogP contribution in [0.4, 0.5) is 8.78 Å². The maximum absolute atomic E-state index is 11.8. The summed E-state index contributed by atoms with van der Waals surface area (Å²) >= 11 is 1.51. The first-order valence-corrected chi connectivity index (χ1v) is 6.80. The Bertz CT molecular complexity index is 334. The molecule has 1 heterocycles. The molecule has 0 aromatic carbocycles. The van der Waals surface area contributed by atoms with E-state index in [4.69, 9.17) is 4.74 Å². The third kappa shape index (κ3) is 6.93. The van der Waals surface area contributed by atoms with E-state index in [-0.39, 0.29) is 6.61 Å². The molecule has 0 fully saturated rings. The number of hydrogen-bond acceptors (Lipinski definition) is 5. The van der Waals surface area contributed by atoms with Gasteiger partial charge in [-0.2, -0.15) is 0 Å². The van der Waals surface area contributed by atoms with Crippen molar-refractivity contribution in [3.63, 3.8) is 0 Å². The molecular weight excluding hydrogens is 260 g/mol. The lowest BCUT2D eigenvalue weighted by molar-refractivity contribution is 0.0186. The van der Waals surface area contributed by atoms with Crippen LogP contribution >= 0.6 is 11.3 Å². The molecule has 1 aromatic rings. The van der Waals surface area contributed by atoms with Crippen molar-refractivity contribution in [3.8, 4) is 0 Å². The predicted molar refractivity (Wildman–Crippen MR) is 67.3 cm³/mol. The fourth-order valence-corrected chi connectivity index (χ4v) is 2.11. The first kappa shape index (κ1) is 15.4. The van der Waals surface area contributed by atoms with E-state index in [1.165, 1.54) is 11.3 Å². The van der Waals surface area contributed by atoms with Crippen LogP contribution in [0.1, 0.15) is 23.9 Å².